The third kappa shape index (κ3) is 3.29. The van der Waals surface area contributed by atoms with Crippen molar-refractivity contribution < 1.29 is 17.2 Å². The largest absolute Gasteiger partial charge is 0.384 e. The second kappa shape index (κ2) is 5.80. The van der Waals surface area contributed by atoms with Crippen molar-refractivity contribution in [1.29, 1.82) is 5.41 Å². The van der Waals surface area contributed by atoms with E-state index in [1.807, 2.05) is 0 Å². The van der Waals surface area contributed by atoms with E-state index in [9.17, 15) is 17.2 Å². The standard InChI is InChI=1S/C12H15F2N3O2S2/c1-21(18,19)10-6-20-3-2-17(10)11-8(13)4-7(12(15)16)5-9(11)14/h4-5,10H,2-3,6H2,1H3,(H3,15,16). The number of anilines is 1. The lowest BCUT2D eigenvalue weighted by Gasteiger charge is -2.36. The van der Waals surface area contributed by atoms with Crippen LogP contribution in [0, 0.1) is 17.0 Å². The van der Waals surface area contributed by atoms with Gasteiger partial charge in [-0.2, -0.15) is 11.8 Å². The Morgan fingerprint density at radius 1 is 1.43 bits per heavy atom. The maximum absolute atomic E-state index is 14.2. The molecule has 0 radical (unpaired) electrons. The number of nitrogens with zero attached hydrogens (tertiary/aromatic N) is 1. The number of nitrogen functional groups attached to an aromatic ring is 1. The lowest BCUT2D eigenvalue weighted by molar-refractivity contribution is 0.557. The highest BCUT2D eigenvalue weighted by atomic mass is 32.2. The van der Waals surface area contributed by atoms with Gasteiger partial charge in [-0.15, -0.1) is 0 Å². The van der Waals surface area contributed by atoms with E-state index in [0.717, 1.165) is 18.4 Å². The minimum absolute atomic E-state index is 0.0731. The van der Waals surface area contributed by atoms with E-state index in [4.69, 9.17) is 11.1 Å². The van der Waals surface area contributed by atoms with Crippen LogP contribution in [0.1, 0.15) is 5.56 Å². The summed E-state index contributed by atoms with van der Waals surface area (Å²) in [5, 5.41) is 6.25. The first-order valence-electron chi connectivity index (χ1n) is 6.08. The van der Waals surface area contributed by atoms with Crippen LogP contribution in [-0.2, 0) is 9.84 Å². The monoisotopic (exact) mass is 335 g/mol. The van der Waals surface area contributed by atoms with E-state index in [2.05, 4.69) is 0 Å². The van der Waals surface area contributed by atoms with Crippen LogP contribution in [0.4, 0.5) is 14.5 Å². The molecule has 3 N–H and O–H groups in total. The summed E-state index contributed by atoms with van der Waals surface area (Å²) in [6, 6.07) is 1.89. The molecule has 1 aromatic carbocycles. The highest BCUT2D eigenvalue weighted by Gasteiger charge is 2.34. The second-order valence-electron chi connectivity index (χ2n) is 4.75. The molecule has 1 heterocycles. The van der Waals surface area contributed by atoms with Gasteiger partial charge in [-0.05, 0) is 12.1 Å². The molecule has 1 aliphatic rings. The molecule has 0 saturated carbocycles. The van der Waals surface area contributed by atoms with Gasteiger partial charge >= 0.3 is 0 Å². The first-order valence-corrected chi connectivity index (χ1v) is 9.19. The van der Waals surface area contributed by atoms with Gasteiger partial charge in [-0.3, -0.25) is 5.41 Å². The Bertz CT molecular complexity index is 656. The van der Waals surface area contributed by atoms with Gasteiger partial charge in [0.25, 0.3) is 0 Å². The zero-order valence-corrected chi connectivity index (χ0v) is 12.9. The molecule has 1 unspecified atom stereocenters. The van der Waals surface area contributed by atoms with Gasteiger partial charge in [0.1, 0.15) is 28.5 Å². The summed E-state index contributed by atoms with van der Waals surface area (Å²) in [6.07, 6.45) is 1.05. The van der Waals surface area contributed by atoms with Gasteiger partial charge in [-0.1, -0.05) is 0 Å². The average molecular weight is 335 g/mol. The predicted octanol–water partition coefficient (Wildman–Crippen LogP) is 1.17. The fourth-order valence-corrected chi connectivity index (χ4v) is 5.01. The molecule has 0 spiro atoms. The number of hydrogen-bond donors (Lipinski definition) is 2. The van der Waals surface area contributed by atoms with Crippen molar-refractivity contribution in [3.8, 4) is 0 Å². The van der Waals surface area contributed by atoms with Crippen LogP contribution in [0.2, 0.25) is 0 Å². The molecule has 1 fully saturated rings. The number of amidine groups is 1. The summed E-state index contributed by atoms with van der Waals surface area (Å²) < 4.78 is 52.0. The molecule has 1 aliphatic heterocycles. The smallest absolute Gasteiger partial charge is 0.169 e. The molecule has 2 rings (SSSR count). The molecule has 0 bridgehead atoms. The van der Waals surface area contributed by atoms with Gasteiger partial charge in [0.2, 0.25) is 0 Å². The quantitative estimate of drug-likeness (QED) is 0.640. The van der Waals surface area contributed by atoms with Crippen LogP contribution >= 0.6 is 11.8 Å². The molecule has 9 heteroatoms. The Balaban J connectivity index is 2.51. The first kappa shape index (κ1) is 16.0. The maximum Gasteiger partial charge on any atom is 0.169 e. The van der Waals surface area contributed by atoms with Crippen LogP contribution in [0.5, 0.6) is 0 Å². The molecule has 0 aliphatic carbocycles. The highest BCUT2D eigenvalue weighted by Crippen LogP contribution is 2.31. The summed E-state index contributed by atoms with van der Waals surface area (Å²) in [4.78, 5) is 1.24. The Labute approximate surface area is 125 Å². The van der Waals surface area contributed by atoms with Gasteiger partial charge in [-0.25, -0.2) is 17.2 Å². The van der Waals surface area contributed by atoms with Crippen molar-refractivity contribution in [2.24, 2.45) is 5.73 Å². The minimum Gasteiger partial charge on any atom is -0.384 e. The van der Waals surface area contributed by atoms with Crippen molar-refractivity contribution in [3.63, 3.8) is 0 Å². The number of rotatable bonds is 3. The van der Waals surface area contributed by atoms with Crippen molar-refractivity contribution in [2.45, 2.75) is 5.37 Å². The van der Waals surface area contributed by atoms with E-state index in [1.165, 1.54) is 16.7 Å². The van der Waals surface area contributed by atoms with Gasteiger partial charge < -0.3 is 10.6 Å². The fourth-order valence-electron chi connectivity index (χ4n) is 2.19. The zero-order chi connectivity index (χ0) is 15.8. The third-order valence-electron chi connectivity index (χ3n) is 3.19. The molecular weight excluding hydrogens is 320 g/mol. The van der Waals surface area contributed by atoms with Crippen LogP contribution < -0.4 is 10.6 Å². The van der Waals surface area contributed by atoms with Crippen LogP contribution in [0.15, 0.2) is 12.1 Å². The molecule has 1 saturated heterocycles. The summed E-state index contributed by atoms with van der Waals surface area (Å²) >= 11 is 1.43. The number of nitrogens with one attached hydrogen (secondary N) is 1. The van der Waals surface area contributed by atoms with E-state index in [-0.39, 0.29) is 23.5 Å². The SMILES string of the molecule is CS(=O)(=O)C1CSCCN1c1c(F)cc(C(=N)N)cc1F. The molecule has 0 amide bonds. The van der Waals surface area contributed by atoms with Crippen LogP contribution in [0.3, 0.4) is 0 Å². The highest BCUT2D eigenvalue weighted by molar-refractivity contribution is 8.01. The number of benzene rings is 1. The predicted molar refractivity (Wildman–Crippen MR) is 80.7 cm³/mol. The Hall–Kier alpha value is -1.35. The molecule has 5 nitrogen and oxygen atoms in total. The van der Waals surface area contributed by atoms with Gasteiger partial charge in [0.05, 0.1) is 0 Å². The van der Waals surface area contributed by atoms with Crippen molar-refractivity contribution in [3.05, 3.63) is 29.3 Å². The molecule has 116 valence electrons. The number of halogens is 2. The number of thioether (sulfide) groups is 1. The van der Waals surface area contributed by atoms with Gasteiger partial charge in [0, 0.05) is 29.9 Å². The van der Waals surface area contributed by atoms with E-state index in [1.54, 1.807) is 0 Å². The van der Waals surface area contributed by atoms with E-state index >= 15 is 0 Å². The number of nitrogens with two attached hydrogens (primary N) is 1. The minimum atomic E-state index is -3.48. The number of hydrogen-bond acceptors (Lipinski definition) is 5. The maximum atomic E-state index is 14.2. The molecule has 1 atom stereocenters. The van der Waals surface area contributed by atoms with Crippen molar-refractivity contribution in [1.82, 2.24) is 0 Å². The van der Waals surface area contributed by atoms with Crippen molar-refractivity contribution in [2.75, 3.05) is 29.2 Å². The van der Waals surface area contributed by atoms with Crippen LogP contribution in [-0.4, -0.2) is 43.9 Å². The summed E-state index contributed by atoms with van der Waals surface area (Å²) in [7, 11) is -3.48. The normalized spacial score (nSPS) is 19.6. The number of sulfone groups is 1. The molecule has 21 heavy (non-hydrogen) atoms. The average Bonchev–Trinajstić information content (AvgIpc) is 2.37. The third-order valence-corrected chi connectivity index (χ3v) is 5.84. The Kier molecular flexibility index (Phi) is 4.43. The van der Waals surface area contributed by atoms with Gasteiger partial charge in [0.15, 0.2) is 9.84 Å². The molecular formula is C12H15F2N3O2S2. The van der Waals surface area contributed by atoms with Crippen molar-refractivity contribution >= 4 is 33.1 Å². The molecule has 1 aromatic rings. The Morgan fingerprint density at radius 3 is 2.48 bits per heavy atom. The van der Waals surface area contributed by atoms with E-state index in [0.29, 0.717) is 5.75 Å². The second-order valence-corrected chi connectivity index (χ2v) is 8.11. The molecule has 0 aromatic heterocycles. The summed E-state index contributed by atoms with van der Waals surface area (Å²) in [5.74, 6) is -1.44. The Morgan fingerprint density at radius 2 is 2.00 bits per heavy atom. The lowest BCUT2D eigenvalue weighted by atomic mass is 10.1. The topological polar surface area (TPSA) is 87.2 Å². The zero-order valence-electron chi connectivity index (χ0n) is 11.3. The van der Waals surface area contributed by atoms with E-state index < -0.39 is 32.7 Å². The fraction of sp³-hybridized carbons (Fsp3) is 0.417. The first-order chi connectivity index (χ1) is 9.71. The summed E-state index contributed by atoms with van der Waals surface area (Å²) in [5.41, 5.74) is 4.76. The summed E-state index contributed by atoms with van der Waals surface area (Å²) in [6.45, 7) is 0.232. The lowest BCUT2D eigenvalue weighted by Crippen LogP contribution is -2.47. The van der Waals surface area contributed by atoms with Crippen LogP contribution in [0.25, 0.3) is 0 Å².